The lowest BCUT2D eigenvalue weighted by Gasteiger charge is -2.27. The van der Waals surface area contributed by atoms with E-state index in [0.29, 0.717) is 13.2 Å². The second-order valence-corrected chi connectivity index (χ2v) is 4.09. The summed E-state index contributed by atoms with van der Waals surface area (Å²) < 4.78 is 11.1. The molecule has 0 fully saturated rings. The van der Waals surface area contributed by atoms with Gasteiger partial charge in [0.15, 0.2) is 6.29 Å². The van der Waals surface area contributed by atoms with E-state index in [1.807, 2.05) is 13.8 Å². The molecule has 0 heterocycles. The lowest BCUT2D eigenvalue weighted by atomic mass is 10.1. The van der Waals surface area contributed by atoms with Gasteiger partial charge in [-0.3, -0.25) is 4.79 Å². The molecule has 106 valence electrons. The molecule has 0 rings (SSSR count). The van der Waals surface area contributed by atoms with Crippen molar-refractivity contribution in [1.29, 1.82) is 0 Å². The van der Waals surface area contributed by atoms with Crippen molar-refractivity contribution in [1.82, 2.24) is 5.32 Å². The van der Waals surface area contributed by atoms with E-state index in [9.17, 15) is 4.79 Å². The summed E-state index contributed by atoms with van der Waals surface area (Å²) in [6.07, 6.45) is 5.11. The van der Waals surface area contributed by atoms with Crippen LogP contribution in [0.4, 0.5) is 0 Å². The Morgan fingerprint density at radius 3 is 2.28 bits per heavy atom. The summed E-state index contributed by atoms with van der Waals surface area (Å²) in [6, 6.07) is -0.109. The first-order valence-corrected chi connectivity index (χ1v) is 6.85. The highest BCUT2D eigenvalue weighted by atomic mass is 16.7. The molecule has 0 aliphatic carbocycles. The summed E-state index contributed by atoms with van der Waals surface area (Å²) in [7, 11) is 0. The Morgan fingerprint density at radius 2 is 1.83 bits per heavy atom. The first kappa shape index (κ1) is 17.1. The van der Waals surface area contributed by atoms with Crippen molar-refractivity contribution in [2.24, 2.45) is 0 Å². The molecule has 0 spiro atoms. The quantitative estimate of drug-likeness (QED) is 0.351. The highest BCUT2D eigenvalue weighted by Gasteiger charge is 2.22. The monoisotopic (exact) mass is 257 g/mol. The molecular weight excluding hydrogens is 230 g/mol. The summed E-state index contributed by atoms with van der Waals surface area (Å²) in [5, 5.41) is 2.89. The molecule has 0 saturated carbocycles. The van der Waals surface area contributed by atoms with E-state index < -0.39 is 0 Å². The number of carbonyl (C=O) groups excluding carboxylic acids is 1. The van der Waals surface area contributed by atoms with Crippen molar-refractivity contribution in [3.05, 3.63) is 12.7 Å². The van der Waals surface area contributed by atoms with Crippen LogP contribution in [-0.4, -0.2) is 31.5 Å². The molecule has 0 aliphatic heterocycles. The molecule has 0 aromatic heterocycles. The van der Waals surface area contributed by atoms with Crippen LogP contribution in [0, 0.1) is 0 Å². The molecule has 4 nitrogen and oxygen atoms in total. The van der Waals surface area contributed by atoms with Crippen molar-refractivity contribution in [3.8, 4) is 0 Å². The summed E-state index contributed by atoms with van der Waals surface area (Å²) >= 11 is 0. The van der Waals surface area contributed by atoms with Crippen LogP contribution in [0.3, 0.4) is 0 Å². The highest BCUT2D eigenvalue weighted by molar-refractivity contribution is 5.87. The SMILES string of the molecule is C=CC(=O)NC(CCCCC)C(OCC)OCC. The Labute approximate surface area is 111 Å². The van der Waals surface area contributed by atoms with E-state index in [2.05, 4.69) is 18.8 Å². The highest BCUT2D eigenvalue weighted by Crippen LogP contribution is 2.11. The molecule has 0 radical (unpaired) electrons. The van der Waals surface area contributed by atoms with Crippen LogP contribution in [0.2, 0.25) is 0 Å². The lowest BCUT2D eigenvalue weighted by molar-refractivity contribution is -0.158. The number of ether oxygens (including phenoxy) is 2. The van der Waals surface area contributed by atoms with E-state index in [4.69, 9.17) is 9.47 Å². The number of hydrogen-bond donors (Lipinski definition) is 1. The van der Waals surface area contributed by atoms with Crippen LogP contribution in [0.15, 0.2) is 12.7 Å². The molecule has 0 aromatic carbocycles. The first-order chi connectivity index (χ1) is 8.69. The molecule has 0 saturated heterocycles. The molecule has 4 heteroatoms. The third-order valence-electron chi connectivity index (χ3n) is 2.62. The van der Waals surface area contributed by atoms with E-state index in [0.717, 1.165) is 25.7 Å². The molecule has 0 bridgehead atoms. The van der Waals surface area contributed by atoms with Crippen molar-refractivity contribution < 1.29 is 14.3 Å². The lowest BCUT2D eigenvalue weighted by Crippen LogP contribution is -2.45. The van der Waals surface area contributed by atoms with E-state index in [-0.39, 0.29) is 18.2 Å². The molecule has 0 aromatic rings. The van der Waals surface area contributed by atoms with Crippen LogP contribution in [0.1, 0.15) is 46.5 Å². The van der Waals surface area contributed by atoms with Crippen molar-refractivity contribution in [3.63, 3.8) is 0 Å². The van der Waals surface area contributed by atoms with Gasteiger partial charge in [-0.05, 0) is 26.3 Å². The molecule has 1 unspecified atom stereocenters. The minimum atomic E-state index is -0.374. The van der Waals surface area contributed by atoms with E-state index in [1.165, 1.54) is 6.08 Å². The summed E-state index contributed by atoms with van der Waals surface area (Å²) in [5.41, 5.74) is 0. The standard InChI is InChI=1S/C14H27NO3/c1-5-9-10-11-12(15-13(16)6-2)14(17-7-3)18-8-4/h6,12,14H,2,5,7-11H2,1,3-4H3,(H,15,16). The number of amides is 1. The van der Waals surface area contributed by atoms with Gasteiger partial charge >= 0.3 is 0 Å². The predicted octanol–water partition coefficient (Wildman–Crippen LogP) is 2.64. The van der Waals surface area contributed by atoms with Gasteiger partial charge in [-0.2, -0.15) is 0 Å². The number of carbonyl (C=O) groups is 1. The normalized spacial score (nSPS) is 12.4. The number of rotatable bonds is 11. The number of nitrogens with one attached hydrogen (secondary N) is 1. The van der Waals surface area contributed by atoms with Crippen LogP contribution >= 0.6 is 0 Å². The number of unbranched alkanes of at least 4 members (excludes halogenated alkanes) is 2. The fourth-order valence-corrected chi connectivity index (χ4v) is 1.74. The van der Waals surface area contributed by atoms with Gasteiger partial charge in [0.1, 0.15) is 0 Å². The largest absolute Gasteiger partial charge is 0.351 e. The van der Waals surface area contributed by atoms with Crippen molar-refractivity contribution in [2.75, 3.05) is 13.2 Å². The van der Waals surface area contributed by atoms with Gasteiger partial charge in [0.05, 0.1) is 6.04 Å². The second kappa shape index (κ2) is 11.2. The van der Waals surface area contributed by atoms with Crippen molar-refractivity contribution >= 4 is 5.91 Å². The summed E-state index contributed by atoms with van der Waals surface area (Å²) in [5.74, 6) is -0.180. The van der Waals surface area contributed by atoms with Crippen LogP contribution in [0.25, 0.3) is 0 Å². The second-order valence-electron chi connectivity index (χ2n) is 4.09. The fourth-order valence-electron chi connectivity index (χ4n) is 1.74. The molecule has 1 atom stereocenters. The van der Waals surface area contributed by atoms with Gasteiger partial charge in [-0.1, -0.05) is 32.8 Å². The van der Waals surface area contributed by atoms with E-state index >= 15 is 0 Å². The first-order valence-electron chi connectivity index (χ1n) is 6.85. The zero-order chi connectivity index (χ0) is 13.8. The van der Waals surface area contributed by atoms with Gasteiger partial charge in [-0.15, -0.1) is 0 Å². The molecule has 0 aliphatic rings. The molecule has 1 N–H and O–H groups in total. The minimum Gasteiger partial charge on any atom is -0.351 e. The third-order valence-corrected chi connectivity index (χ3v) is 2.62. The van der Waals surface area contributed by atoms with Gasteiger partial charge in [0.2, 0.25) is 5.91 Å². The van der Waals surface area contributed by atoms with Gasteiger partial charge in [0.25, 0.3) is 0 Å². The molecular formula is C14H27NO3. The maximum Gasteiger partial charge on any atom is 0.243 e. The summed E-state index contributed by atoms with van der Waals surface area (Å²) in [6.45, 7) is 10.6. The zero-order valence-corrected chi connectivity index (χ0v) is 11.9. The summed E-state index contributed by atoms with van der Waals surface area (Å²) in [4.78, 5) is 11.4. The van der Waals surface area contributed by atoms with Gasteiger partial charge in [-0.25, -0.2) is 0 Å². The Morgan fingerprint density at radius 1 is 1.22 bits per heavy atom. The smallest absolute Gasteiger partial charge is 0.243 e. The maximum atomic E-state index is 11.4. The third kappa shape index (κ3) is 7.45. The average molecular weight is 257 g/mol. The van der Waals surface area contributed by atoms with Crippen molar-refractivity contribution in [2.45, 2.75) is 58.8 Å². The van der Waals surface area contributed by atoms with Crippen LogP contribution < -0.4 is 5.32 Å². The topological polar surface area (TPSA) is 47.6 Å². The Hall–Kier alpha value is -0.870. The fraction of sp³-hybridized carbons (Fsp3) is 0.786. The Kier molecular flexibility index (Phi) is 10.7. The predicted molar refractivity (Wildman–Crippen MR) is 73.3 cm³/mol. The Balaban J connectivity index is 4.45. The average Bonchev–Trinajstić information content (AvgIpc) is 2.37. The van der Waals surface area contributed by atoms with Gasteiger partial charge in [0, 0.05) is 13.2 Å². The number of hydrogen-bond acceptors (Lipinski definition) is 3. The molecule has 1 amide bonds. The molecule has 18 heavy (non-hydrogen) atoms. The van der Waals surface area contributed by atoms with Crippen LogP contribution in [0.5, 0.6) is 0 Å². The van der Waals surface area contributed by atoms with Crippen LogP contribution in [-0.2, 0) is 14.3 Å². The Bertz CT molecular complexity index is 225. The minimum absolute atomic E-state index is 0.109. The maximum absolute atomic E-state index is 11.4. The zero-order valence-electron chi connectivity index (χ0n) is 11.9. The van der Waals surface area contributed by atoms with Gasteiger partial charge < -0.3 is 14.8 Å². The van der Waals surface area contributed by atoms with E-state index in [1.54, 1.807) is 0 Å².